The van der Waals surface area contributed by atoms with E-state index in [1.54, 1.807) is 13.2 Å². The van der Waals surface area contributed by atoms with Gasteiger partial charge in [-0.15, -0.1) is 0 Å². The fraction of sp³-hybridized carbons (Fsp3) is 0.647. The molecule has 1 atom stereocenters. The summed E-state index contributed by atoms with van der Waals surface area (Å²) in [7, 11) is 1.69. The average molecular weight is 296 g/mol. The van der Waals surface area contributed by atoms with Crippen molar-refractivity contribution < 1.29 is 9.13 Å². The molecule has 0 aliphatic carbocycles. The number of rotatable bonds is 9. The molecule has 1 aromatic carbocycles. The Morgan fingerprint density at radius 1 is 1.29 bits per heavy atom. The zero-order valence-electron chi connectivity index (χ0n) is 13.7. The molecule has 0 saturated carbocycles. The first kappa shape index (κ1) is 17.9. The molecule has 0 amide bonds. The molecule has 0 aliphatic rings. The van der Waals surface area contributed by atoms with Gasteiger partial charge in [0.2, 0.25) is 0 Å². The molecular weight excluding hydrogens is 267 g/mol. The quantitative estimate of drug-likeness (QED) is 0.759. The highest BCUT2D eigenvalue weighted by Gasteiger charge is 2.20. The number of ether oxygens (including phenoxy) is 1. The van der Waals surface area contributed by atoms with Gasteiger partial charge in [0, 0.05) is 37.0 Å². The Labute approximate surface area is 128 Å². The molecular formula is C17H29FN2O. The summed E-state index contributed by atoms with van der Waals surface area (Å²) in [6, 6.07) is 5.61. The molecule has 0 aromatic heterocycles. The SMILES string of the molecule is CCC(CC)N(CCOC)c1cccc(F)c1CC(C)N. The van der Waals surface area contributed by atoms with E-state index in [9.17, 15) is 4.39 Å². The van der Waals surface area contributed by atoms with Crippen molar-refractivity contribution in [1.82, 2.24) is 0 Å². The van der Waals surface area contributed by atoms with Gasteiger partial charge in [0.15, 0.2) is 0 Å². The van der Waals surface area contributed by atoms with Crippen LogP contribution in [-0.2, 0) is 11.2 Å². The third kappa shape index (κ3) is 4.97. The first-order chi connectivity index (χ1) is 10.0. The summed E-state index contributed by atoms with van der Waals surface area (Å²) >= 11 is 0. The van der Waals surface area contributed by atoms with Crippen LogP contribution in [0.1, 0.15) is 39.2 Å². The summed E-state index contributed by atoms with van der Waals surface area (Å²) < 4.78 is 19.5. The van der Waals surface area contributed by atoms with E-state index in [1.165, 1.54) is 6.07 Å². The van der Waals surface area contributed by atoms with Crippen LogP contribution in [0.25, 0.3) is 0 Å². The largest absolute Gasteiger partial charge is 0.383 e. The fourth-order valence-electron chi connectivity index (χ4n) is 2.76. The predicted molar refractivity (Wildman–Crippen MR) is 87.3 cm³/mol. The fourth-order valence-corrected chi connectivity index (χ4v) is 2.76. The van der Waals surface area contributed by atoms with E-state index in [1.807, 2.05) is 13.0 Å². The lowest BCUT2D eigenvalue weighted by Crippen LogP contribution is -2.38. The van der Waals surface area contributed by atoms with Crippen LogP contribution in [-0.4, -0.2) is 32.3 Å². The molecule has 120 valence electrons. The number of hydrogen-bond acceptors (Lipinski definition) is 3. The Kier molecular flexibility index (Phi) is 7.68. The second-order valence-electron chi connectivity index (χ2n) is 5.58. The van der Waals surface area contributed by atoms with E-state index in [2.05, 4.69) is 18.7 Å². The second kappa shape index (κ2) is 9.00. The van der Waals surface area contributed by atoms with Gasteiger partial charge in [-0.2, -0.15) is 0 Å². The monoisotopic (exact) mass is 296 g/mol. The number of anilines is 1. The molecule has 1 rings (SSSR count). The minimum Gasteiger partial charge on any atom is -0.383 e. The van der Waals surface area contributed by atoms with Gasteiger partial charge in [0.25, 0.3) is 0 Å². The first-order valence-corrected chi connectivity index (χ1v) is 7.83. The van der Waals surface area contributed by atoms with Crippen molar-refractivity contribution in [2.75, 3.05) is 25.2 Å². The van der Waals surface area contributed by atoms with Crippen LogP contribution < -0.4 is 10.6 Å². The number of benzene rings is 1. The number of methoxy groups -OCH3 is 1. The number of nitrogens with zero attached hydrogens (tertiary/aromatic N) is 1. The standard InChI is InChI=1S/C17H29FN2O/c1-5-14(6-2)20(10-11-21-4)17-9-7-8-16(18)15(17)12-13(3)19/h7-9,13-14H,5-6,10-12,19H2,1-4H3. The van der Waals surface area contributed by atoms with Gasteiger partial charge in [-0.05, 0) is 38.3 Å². The Hall–Kier alpha value is -1.13. The molecule has 1 unspecified atom stereocenters. The molecule has 0 spiro atoms. The molecule has 1 aromatic rings. The average Bonchev–Trinajstić information content (AvgIpc) is 2.45. The Morgan fingerprint density at radius 3 is 2.48 bits per heavy atom. The third-order valence-electron chi connectivity index (χ3n) is 3.85. The molecule has 4 heteroatoms. The summed E-state index contributed by atoms with van der Waals surface area (Å²) in [5.74, 6) is -0.168. The van der Waals surface area contributed by atoms with Crippen molar-refractivity contribution in [3.05, 3.63) is 29.6 Å². The third-order valence-corrected chi connectivity index (χ3v) is 3.85. The molecule has 0 radical (unpaired) electrons. The summed E-state index contributed by atoms with van der Waals surface area (Å²) in [5, 5.41) is 0. The van der Waals surface area contributed by atoms with Gasteiger partial charge in [-0.25, -0.2) is 4.39 Å². The molecule has 0 heterocycles. The van der Waals surface area contributed by atoms with Crippen molar-refractivity contribution in [2.45, 2.75) is 52.1 Å². The molecule has 2 N–H and O–H groups in total. The topological polar surface area (TPSA) is 38.5 Å². The van der Waals surface area contributed by atoms with Crippen molar-refractivity contribution in [3.63, 3.8) is 0 Å². The maximum atomic E-state index is 14.3. The van der Waals surface area contributed by atoms with Gasteiger partial charge in [-0.1, -0.05) is 19.9 Å². The van der Waals surface area contributed by atoms with Crippen molar-refractivity contribution in [1.29, 1.82) is 0 Å². The van der Waals surface area contributed by atoms with Crippen LogP contribution >= 0.6 is 0 Å². The van der Waals surface area contributed by atoms with Crippen LogP contribution in [0, 0.1) is 5.82 Å². The smallest absolute Gasteiger partial charge is 0.128 e. The van der Waals surface area contributed by atoms with Crippen LogP contribution in [0.5, 0.6) is 0 Å². The minimum atomic E-state index is -0.168. The lowest BCUT2D eigenvalue weighted by Gasteiger charge is -2.34. The van der Waals surface area contributed by atoms with E-state index >= 15 is 0 Å². The van der Waals surface area contributed by atoms with Crippen molar-refractivity contribution in [3.8, 4) is 0 Å². The minimum absolute atomic E-state index is 0.0633. The summed E-state index contributed by atoms with van der Waals surface area (Å²) in [4.78, 5) is 2.27. The molecule has 0 bridgehead atoms. The van der Waals surface area contributed by atoms with E-state index in [-0.39, 0.29) is 11.9 Å². The zero-order chi connectivity index (χ0) is 15.8. The Bertz CT molecular complexity index is 419. The molecule has 0 aliphatic heterocycles. The number of hydrogen-bond donors (Lipinski definition) is 1. The highest BCUT2D eigenvalue weighted by Crippen LogP contribution is 2.28. The maximum absolute atomic E-state index is 14.3. The molecule has 0 saturated heterocycles. The van der Waals surface area contributed by atoms with Gasteiger partial charge < -0.3 is 15.4 Å². The maximum Gasteiger partial charge on any atom is 0.128 e. The summed E-state index contributed by atoms with van der Waals surface area (Å²) in [6.07, 6.45) is 2.59. The van der Waals surface area contributed by atoms with Crippen LogP contribution in [0.15, 0.2) is 18.2 Å². The highest BCUT2D eigenvalue weighted by molar-refractivity contribution is 5.55. The zero-order valence-corrected chi connectivity index (χ0v) is 13.7. The molecule has 21 heavy (non-hydrogen) atoms. The number of halogens is 1. The van der Waals surface area contributed by atoms with Crippen molar-refractivity contribution >= 4 is 5.69 Å². The van der Waals surface area contributed by atoms with Gasteiger partial charge in [0.05, 0.1) is 6.61 Å². The van der Waals surface area contributed by atoms with E-state index < -0.39 is 0 Å². The molecule has 3 nitrogen and oxygen atoms in total. The predicted octanol–water partition coefficient (Wildman–Crippen LogP) is 3.36. The Morgan fingerprint density at radius 2 is 1.95 bits per heavy atom. The second-order valence-corrected chi connectivity index (χ2v) is 5.58. The lowest BCUT2D eigenvalue weighted by molar-refractivity contribution is 0.202. The van der Waals surface area contributed by atoms with Crippen LogP contribution in [0.3, 0.4) is 0 Å². The van der Waals surface area contributed by atoms with E-state index in [4.69, 9.17) is 10.5 Å². The van der Waals surface area contributed by atoms with Gasteiger partial charge in [-0.3, -0.25) is 0 Å². The van der Waals surface area contributed by atoms with Crippen molar-refractivity contribution in [2.24, 2.45) is 5.73 Å². The Balaban J connectivity index is 3.18. The van der Waals surface area contributed by atoms with Gasteiger partial charge in [0.1, 0.15) is 5.82 Å². The molecule has 0 fully saturated rings. The lowest BCUT2D eigenvalue weighted by atomic mass is 10.0. The van der Waals surface area contributed by atoms with Crippen LogP contribution in [0.2, 0.25) is 0 Å². The highest BCUT2D eigenvalue weighted by atomic mass is 19.1. The van der Waals surface area contributed by atoms with Gasteiger partial charge >= 0.3 is 0 Å². The van der Waals surface area contributed by atoms with E-state index in [0.717, 1.165) is 30.6 Å². The summed E-state index contributed by atoms with van der Waals surface area (Å²) in [6.45, 7) is 7.63. The normalized spacial score (nSPS) is 12.7. The first-order valence-electron chi connectivity index (χ1n) is 7.83. The summed E-state index contributed by atoms with van der Waals surface area (Å²) in [5.41, 5.74) is 7.57. The number of nitrogens with two attached hydrogens (primary N) is 1. The van der Waals surface area contributed by atoms with E-state index in [0.29, 0.717) is 19.1 Å². The van der Waals surface area contributed by atoms with Crippen LogP contribution in [0.4, 0.5) is 10.1 Å².